The maximum atomic E-state index is 10.5. The molecule has 1 aromatic carbocycles. The van der Waals surface area contributed by atoms with Crippen molar-refractivity contribution in [3.05, 3.63) is 29.3 Å². The highest BCUT2D eigenvalue weighted by Crippen LogP contribution is 2.20. The number of aryl methyl sites for hydroxylation is 1. The molecule has 0 spiro atoms. The molecular weight excluding hydrogens is 230 g/mol. The van der Waals surface area contributed by atoms with E-state index in [9.17, 15) is 4.79 Å². The molecule has 0 aliphatic carbocycles. The predicted octanol–water partition coefficient (Wildman–Crippen LogP) is 2.16. The van der Waals surface area contributed by atoms with Crippen LogP contribution in [0.4, 0.5) is 0 Å². The topological polar surface area (TPSA) is 49.8 Å². The van der Waals surface area contributed by atoms with Crippen molar-refractivity contribution < 1.29 is 14.6 Å². The molecule has 0 atom stereocenters. The first-order valence-corrected chi connectivity index (χ1v) is 6.13. The second kappa shape index (κ2) is 7.01. The summed E-state index contributed by atoms with van der Waals surface area (Å²) >= 11 is 0. The molecule has 0 amide bonds. The van der Waals surface area contributed by atoms with Crippen molar-refractivity contribution in [1.82, 2.24) is 4.90 Å². The number of hydrogen-bond acceptors (Lipinski definition) is 3. The van der Waals surface area contributed by atoms with Crippen molar-refractivity contribution >= 4 is 5.97 Å². The third kappa shape index (κ3) is 4.37. The highest BCUT2D eigenvalue weighted by atomic mass is 16.5. The number of carboxylic acids is 1. The molecule has 0 fully saturated rings. The molecule has 0 heterocycles. The quantitative estimate of drug-likeness (QED) is 0.807. The molecule has 100 valence electrons. The van der Waals surface area contributed by atoms with Gasteiger partial charge in [-0.05, 0) is 30.7 Å². The largest absolute Gasteiger partial charge is 0.496 e. The molecule has 0 aromatic heterocycles. The first-order chi connectivity index (χ1) is 8.56. The van der Waals surface area contributed by atoms with Gasteiger partial charge in [0.2, 0.25) is 0 Å². The standard InChI is InChI=1S/C14H21NO3/c1-4-12-9-11(5-6-13(12)18-3)10-15(2)8-7-14(16)17/h5-6,9H,4,7-8,10H2,1-3H3,(H,16,17). The number of carboxylic acid groups (broad SMARTS) is 1. The van der Waals surface area contributed by atoms with Gasteiger partial charge in [-0.1, -0.05) is 19.1 Å². The van der Waals surface area contributed by atoms with E-state index in [1.165, 1.54) is 11.1 Å². The van der Waals surface area contributed by atoms with Crippen LogP contribution in [0.25, 0.3) is 0 Å². The SMILES string of the molecule is CCc1cc(CN(C)CCC(=O)O)ccc1OC. The van der Waals surface area contributed by atoms with Gasteiger partial charge >= 0.3 is 5.97 Å². The summed E-state index contributed by atoms with van der Waals surface area (Å²) in [5, 5.41) is 8.64. The summed E-state index contributed by atoms with van der Waals surface area (Å²) < 4.78 is 5.28. The van der Waals surface area contributed by atoms with Gasteiger partial charge in [0.15, 0.2) is 0 Å². The molecule has 0 unspecified atom stereocenters. The van der Waals surface area contributed by atoms with Gasteiger partial charge in [-0.2, -0.15) is 0 Å². The molecule has 0 saturated heterocycles. The van der Waals surface area contributed by atoms with E-state index in [-0.39, 0.29) is 6.42 Å². The van der Waals surface area contributed by atoms with Gasteiger partial charge < -0.3 is 14.7 Å². The van der Waals surface area contributed by atoms with Crippen LogP contribution >= 0.6 is 0 Å². The molecule has 1 aromatic rings. The average Bonchev–Trinajstić information content (AvgIpc) is 2.36. The Balaban J connectivity index is 2.64. The second-order valence-corrected chi connectivity index (χ2v) is 4.38. The van der Waals surface area contributed by atoms with Gasteiger partial charge in [-0.25, -0.2) is 0 Å². The summed E-state index contributed by atoms with van der Waals surface area (Å²) in [4.78, 5) is 12.5. The summed E-state index contributed by atoms with van der Waals surface area (Å²) in [6.45, 7) is 3.41. The molecule has 0 aliphatic heterocycles. The van der Waals surface area contributed by atoms with Crippen LogP contribution in [-0.2, 0) is 17.8 Å². The number of aliphatic carboxylic acids is 1. The highest BCUT2D eigenvalue weighted by Gasteiger charge is 2.06. The minimum atomic E-state index is -0.758. The van der Waals surface area contributed by atoms with Crippen LogP contribution in [0.5, 0.6) is 5.75 Å². The summed E-state index contributed by atoms with van der Waals surface area (Å²) in [5.74, 6) is 0.153. The van der Waals surface area contributed by atoms with Crippen LogP contribution in [0.3, 0.4) is 0 Å². The molecular formula is C14H21NO3. The van der Waals surface area contributed by atoms with Crippen LogP contribution in [-0.4, -0.2) is 36.7 Å². The van der Waals surface area contributed by atoms with Crippen molar-refractivity contribution in [2.75, 3.05) is 20.7 Å². The van der Waals surface area contributed by atoms with E-state index in [2.05, 4.69) is 13.0 Å². The number of hydrogen-bond donors (Lipinski definition) is 1. The minimum Gasteiger partial charge on any atom is -0.496 e. The van der Waals surface area contributed by atoms with Gasteiger partial charge in [-0.15, -0.1) is 0 Å². The minimum absolute atomic E-state index is 0.174. The number of methoxy groups -OCH3 is 1. The Kier molecular flexibility index (Phi) is 5.65. The molecule has 0 bridgehead atoms. The number of rotatable bonds is 7. The lowest BCUT2D eigenvalue weighted by Gasteiger charge is -2.16. The zero-order valence-corrected chi connectivity index (χ0v) is 11.3. The zero-order valence-electron chi connectivity index (χ0n) is 11.3. The van der Waals surface area contributed by atoms with E-state index >= 15 is 0 Å². The highest BCUT2D eigenvalue weighted by molar-refractivity contribution is 5.66. The monoisotopic (exact) mass is 251 g/mol. The van der Waals surface area contributed by atoms with E-state index in [0.29, 0.717) is 6.54 Å². The Hall–Kier alpha value is -1.55. The van der Waals surface area contributed by atoms with E-state index in [1.54, 1.807) is 7.11 Å². The smallest absolute Gasteiger partial charge is 0.304 e. The van der Waals surface area contributed by atoms with Gasteiger partial charge in [0.1, 0.15) is 5.75 Å². The lowest BCUT2D eigenvalue weighted by Crippen LogP contribution is -2.21. The molecule has 0 aliphatic rings. The fourth-order valence-electron chi connectivity index (χ4n) is 1.88. The fraction of sp³-hybridized carbons (Fsp3) is 0.500. The number of benzene rings is 1. The van der Waals surface area contributed by atoms with Gasteiger partial charge in [-0.3, -0.25) is 4.79 Å². The third-order valence-corrected chi connectivity index (χ3v) is 2.89. The normalized spacial score (nSPS) is 10.7. The molecule has 1 N–H and O–H groups in total. The Morgan fingerprint density at radius 2 is 2.17 bits per heavy atom. The summed E-state index contributed by atoms with van der Waals surface area (Å²) in [7, 11) is 3.60. The van der Waals surface area contributed by atoms with Crippen LogP contribution < -0.4 is 4.74 Å². The lowest BCUT2D eigenvalue weighted by atomic mass is 10.1. The molecule has 0 radical (unpaired) electrons. The third-order valence-electron chi connectivity index (χ3n) is 2.89. The van der Waals surface area contributed by atoms with Gasteiger partial charge in [0.25, 0.3) is 0 Å². The van der Waals surface area contributed by atoms with E-state index < -0.39 is 5.97 Å². The van der Waals surface area contributed by atoms with Crippen LogP contribution in [0.15, 0.2) is 18.2 Å². The van der Waals surface area contributed by atoms with Crippen LogP contribution in [0.1, 0.15) is 24.5 Å². The molecule has 4 nitrogen and oxygen atoms in total. The maximum absolute atomic E-state index is 10.5. The number of ether oxygens (including phenoxy) is 1. The maximum Gasteiger partial charge on any atom is 0.304 e. The van der Waals surface area contributed by atoms with Crippen LogP contribution in [0, 0.1) is 0 Å². The molecule has 18 heavy (non-hydrogen) atoms. The molecule has 4 heteroatoms. The van der Waals surface area contributed by atoms with Gasteiger partial charge in [0, 0.05) is 13.1 Å². The zero-order chi connectivity index (χ0) is 13.5. The summed E-state index contributed by atoms with van der Waals surface area (Å²) in [6, 6.07) is 6.12. The van der Waals surface area contributed by atoms with Crippen molar-refractivity contribution in [1.29, 1.82) is 0 Å². The van der Waals surface area contributed by atoms with Crippen molar-refractivity contribution in [2.24, 2.45) is 0 Å². The first-order valence-electron chi connectivity index (χ1n) is 6.13. The Labute approximate surface area is 108 Å². The predicted molar refractivity (Wildman–Crippen MR) is 71.0 cm³/mol. The van der Waals surface area contributed by atoms with E-state index in [1.807, 2.05) is 24.1 Å². The van der Waals surface area contributed by atoms with E-state index in [0.717, 1.165) is 18.7 Å². The summed E-state index contributed by atoms with van der Waals surface area (Å²) in [5.41, 5.74) is 2.36. The second-order valence-electron chi connectivity index (χ2n) is 4.38. The van der Waals surface area contributed by atoms with E-state index in [4.69, 9.17) is 9.84 Å². The Bertz CT molecular complexity index is 404. The van der Waals surface area contributed by atoms with Crippen molar-refractivity contribution in [2.45, 2.75) is 26.3 Å². The van der Waals surface area contributed by atoms with Crippen molar-refractivity contribution in [3.8, 4) is 5.75 Å². The molecule has 1 rings (SSSR count). The number of carbonyl (C=O) groups is 1. The van der Waals surface area contributed by atoms with Crippen LogP contribution in [0.2, 0.25) is 0 Å². The Morgan fingerprint density at radius 1 is 1.44 bits per heavy atom. The lowest BCUT2D eigenvalue weighted by molar-refractivity contribution is -0.137. The number of nitrogens with zero attached hydrogens (tertiary/aromatic N) is 1. The first kappa shape index (κ1) is 14.5. The van der Waals surface area contributed by atoms with Gasteiger partial charge in [0.05, 0.1) is 13.5 Å². The van der Waals surface area contributed by atoms with Crippen molar-refractivity contribution in [3.63, 3.8) is 0 Å². The average molecular weight is 251 g/mol. The summed E-state index contributed by atoms with van der Waals surface area (Å²) in [6.07, 6.45) is 1.10. The molecule has 0 saturated carbocycles. The fourth-order valence-corrected chi connectivity index (χ4v) is 1.88. The Morgan fingerprint density at radius 3 is 2.72 bits per heavy atom.